The first-order valence-corrected chi connectivity index (χ1v) is 9.53. The van der Waals surface area contributed by atoms with Crippen LogP contribution in [-0.2, 0) is 28.7 Å². The molecule has 0 aliphatic carbocycles. The lowest BCUT2D eigenvalue weighted by molar-refractivity contribution is -0.385. The molecule has 9 nitrogen and oxygen atoms in total. The van der Waals surface area contributed by atoms with Crippen molar-refractivity contribution >= 4 is 29.2 Å². The number of hydrogen-bond acceptors (Lipinski definition) is 8. The van der Waals surface area contributed by atoms with Gasteiger partial charge in [-0.25, -0.2) is 0 Å². The highest BCUT2D eigenvalue weighted by molar-refractivity contribution is 6.04. The van der Waals surface area contributed by atoms with Gasteiger partial charge in [-0.05, 0) is 47.1 Å². The predicted octanol–water partition coefficient (Wildman–Crippen LogP) is 2.99. The fraction of sp³-hybridized carbons (Fsp3) is 0.524. The van der Waals surface area contributed by atoms with Crippen LogP contribution in [0.4, 0.5) is 5.69 Å². The first kappa shape index (κ1) is 24.9. The van der Waals surface area contributed by atoms with Crippen LogP contribution in [0.2, 0.25) is 0 Å². The molecule has 2 atom stereocenters. The Morgan fingerprint density at radius 2 is 1.30 bits per heavy atom. The fourth-order valence-corrected chi connectivity index (χ4v) is 3.17. The van der Waals surface area contributed by atoms with Crippen molar-refractivity contribution in [3.05, 3.63) is 39.9 Å². The molecule has 0 heterocycles. The molecule has 0 saturated carbocycles. The summed E-state index contributed by atoms with van der Waals surface area (Å²) in [5, 5.41) is 11.2. The van der Waals surface area contributed by atoms with Gasteiger partial charge in [-0.1, -0.05) is 12.1 Å². The standard InChI is InChI=1S/C21H27NO8/c1-11(2)29-20(25)17(13(5)23)19(15-8-7-9-16(10-15)22(27)28)18(14(6)24)21(26)30-12(3)4/h7-12,17-19H,1-6H3. The summed E-state index contributed by atoms with van der Waals surface area (Å²) in [6.45, 7) is 8.64. The van der Waals surface area contributed by atoms with Crippen LogP contribution < -0.4 is 0 Å². The summed E-state index contributed by atoms with van der Waals surface area (Å²) in [6, 6.07) is 5.15. The Kier molecular flexibility index (Phi) is 8.82. The van der Waals surface area contributed by atoms with Crippen molar-refractivity contribution in [2.24, 2.45) is 11.8 Å². The third-order valence-electron chi connectivity index (χ3n) is 4.27. The first-order valence-electron chi connectivity index (χ1n) is 9.53. The van der Waals surface area contributed by atoms with Gasteiger partial charge in [0.05, 0.1) is 17.1 Å². The van der Waals surface area contributed by atoms with Crippen LogP contribution in [0, 0.1) is 22.0 Å². The van der Waals surface area contributed by atoms with Crippen LogP contribution in [0.15, 0.2) is 24.3 Å². The van der Waals surface area contributed by atoms with Crippen LogP contribution in [0.1, 0.15) is 53.0 Å². The van der Waals surface area contributed by atoms with Crippen molar-refractivity contribution in [3.63, 3.8) is 0 Å². The topological polar surface area (TPSA) is 130 Å². The van der Waals surface area contributed by atoms with E-state index in [0.29, 0.717) is 0 Å². The summed E-state index contributed by atoms with van der Waals surface area (Å²) in [6.07, 6.45) is -1.10. The smallest absolute Gasteiger partial charge is 0.317 e. The Balaban J connectivity index is 3.71. The highest BCUT2D eigenvalue weighted by Gasteiger charge is 2.46. The number of nitro benzene ring substituents is 1. The van der Waals surface area contributed by atoms with E-state index in [1.807, 2.05) is 0 Å². The Morgan fingerprint density at radius 1 is 0.867 bits per heavy atom. The Bertz CT molecular complexity index is 790. The van der Waals surface area contributed by atoms with Gasteiger partial charge < -0.3 is 9.47 Å². The van der Waals surface area contributed by atoms with E-state index >= 15 is 0 Å². The zero-order valence-electron chi connectivity index (χ0n) is 17.9. The van der Waals surface area contributed by atoms with Crippen molar-refractivity contribution in [1.82, 2.24) is 0 Å². The van der Waals surface area contributed by atoms with Gasteiger partial charge in [0.1, 0.15) is 23.4 Å². The summed E-state index contributed by atoms with van der Waals surface area (Å²) in [4.78, 5) is 61.1. The number of nitrogens with zero attached hydrogens (tertiary/aromatic N) is 1. The number of non-ortho nitro benzene ring substituents is 1. The number of nitro groups is 1. The van der Waals surface area contributed by atoms with E-state index in [2.05, 4.69) is 0 Å². The zero-order chi connectivity index (χ0) is 23.2. The maximum atomic E-state index is 12.8. The lowest BCUT2D eigenvalue weighted by Crippen LogP contribution is -2.41. The van der Waals surface area contributed by atoms with Crippen molar-refractivity contribution in [2.45, 2.75) is 59.7 Å². The second-order valence-corrected chi connectivity index (χ2v) is 7.53. The van der Waals surface area contributed by atoms with Crippen LogP contribution >= 0.6 is 0 Å². The minimum Gasteiger partial charge on any atom is -0.462 e. The summed E-state index contributed by atoms with van der Waals surface area (Å²) in [7, 11) is 0. The molecule has 0 fully saturated rings. The molecule has 0 radical (unpaired) electrons. The minimum atomic E-state index is -1.52. The minimum absolute atomic E-state index is 0.117. The summed E-state index contributed by atoms with van der Waals surface area (Å²) >= 11 is 0. The lowest BCUT2D eigenvalue weighted by atomic mass is 9.73. The molecular weight excluding hydrogens is 394 g/mol. The number of benzene rings is 1. The number of Topliss-reactive ketones (excluding diaryl/α,β-unsaturated/α-hetero) is 2. The molecule has 0 N–H and O–H groups in total. The number of ether oxygens (including phenoxy) is 2. The molecule has 0 saturated heterocycles. The van der Waals surface area contributed by atoms with Crippen molar-refractivity contribution < 1.29 is 33.6 Å². The number of carbonyl (C=O) groups is 4. The molecule has 0 bridgehead atoms. The second kappa shape index (κ2) is 10.6. The SMILES string of the molecule is CC(=O)C(C(=O)OC(C)C)C(c1cccc([N+](=O)[O-])c1)C(C(C)=O)C(=O)OC(C)C. The molecule has 1 rings (SSSR count). The number of rotatable bonds is 10. The van der Waals surface area contributed by atoms with Gasteiger partial charge in [0.15, 0.2) is 0 Å². The third-order valence-corrected chi connectivity index (χ3v) is 4.27. The monoisotopic (exact) mass is 421 g/mol. The first-order chi connectivity index (χ1) is 13.9. The van der Waals surface area contributed by atoms with E-state index in [9.17, 15) is 29.3 Å². The fourth-order valence-electron chi connectivity index (χ4n) is 3.17. The molecule has 0 amide bonds. The Morgan fingerprint density at radius 3 is 1.63 bits per heavy atom. The molecule has 0 spiro atoms. The quantitative estimate of drug-likeness (QED) is 0.244. The van der Waals surface area contributed by atoms with Gasteiger partial charge in [0.2, 0.25) is 0 Å². The van der Waals surface area contributed by atoms with Crippen LogP contribution in [0.5, 0.6) is 0 Å². The van der Waals surface area contributed by atoms with E-state index in [1.54, 1.807) is 27.7 Å². The Labute approximate surface area is 174 Å². The molecular formula is C21H27NO8. The van der Waals surface area contributed by atoms with Gasteiger partial charge in [-0.15, -0.1) is 0 Å². The van der Waals surface area contributed by atoms with Gasteiger partial charge in [0.25, 0.3) is 5.69 Å². The summed E-state index contributed by atoms with van der Waals surface area (Å²) < 4.78 is 10.4. The molecule has 2 unspecified atom stereocenters. The van der Waals surface area contributed by atoms with Crippen molar-refractivity contribution in [1.29, 1.82) is 0 Å². The molecule has 0 aliphatic rings. The molecule has 0 aliphatic heterocycles. The van der Waals surface area contributed by atoms with E-state index in [0.717, 1.165) is 19.9 Å². The van der Waals surface area contributed by atoms with Crippen molar-refractivity contribution in [2.75, 3.05) is 0 Å². The maximum Gasteiger partial charge on any atom is 0.317 e. The largest absolute Gasteiger partial charge is 0.462 e. The van der Waals surface area contributed by atoms with E-state index < -0.39 is 58.4 Å². The summed E-state index contributed by atoms with van der Waals surface area (Å²) in [5.74, 6) is -7.49. The van der Waals surface area contributed by atoms with Gasteiger partial charge in [-0.3, -0.25) is 29.3 Å². The van der Waals surface area contributed by atoms with Gasteiger partial charge in [-0.2, -0.15) is 0 Å². The average molecular weight is 421 g/mol. The van der Waals surface area contributed by atoms with E-state index in [1.165, 1.54) is 18.2 Å². The van der Waals surface area contributed by atoms with E-state index in [-0.39, 0.29) is 11.3 Å². The molecule has 1 aromatic rings. The van der Waals surface area contributed by atoms with Gasteiger partial charge >= 0.3 is 11.9 Å². The van der Waals surface area contributed by atoms with Crippen LogP contribution in [-0.4, -0.2) is 40.6 Å². The number of ketones is 2. The number of hydrogen-bond donors (Lipinski definition) is 0. The van der Waals surface area contributed by atoms with E-state index in [4.69, 9.17) is 9.47 Å². The van der Waals surface area contributed by atoms with Crippen molar-refractivity contribution in [3.8, 4) is 0 Å². The molecule has 1 aromatic carbocycles. The second-order valence-electron chi connectivity index (χ2n) is 7.53. The van der Waals surface area contributed by atoms with Crippen LogP contribution in [0.25, 0.3) is 0 Å². The predicted molar refractivity (Wildman–Crippen MR) is 107 cm³/mol. The molecule has 0 aromatic heterocycles. The molecule has 30 heavy (non-hydrogen) atoms. The van der Waals surface area contributed by atoms with Gasteiger partial charge in [0, 0.05) is 18.1 Å². The lowest BCUT2D eigenvalue weighted by Gasteiger charge is -2.30. The molecule has 9 heteroatoms. The third kappa shape index (κ3) is 6.47. The highest BCUT2D eigenvalue weighted by atomic mass is 16.6. The average Bonchev–Trinajstić information content (AvgIpc) is 2.59. The zero-order valence-corrected chi connectivity index (χ0v) is 17.9. The Hall–Kier alpha value is -3.10. The molecule has 164 valence electrons. The number of esters is 2. The normalized spacial score (nSPS) is 14.0. The summed E-state index contributed by atoms with van der Waals surface area (Å²) in [5.41, 5.74) is -0.192. The maximum absolute atomic E-state index is 12.8. The van der Waals surface area contributed by atoms with Crippen LogP contribution in [0.3, 0.4) is 0 Å². The number of carbonyl (C=O) groups excluding carboxylic acids is 4. The highest BCUT2D eigenvalue weighted by Crippen LogP contribution is 2.37.